The molecule has 0 spiro atoms. The second kappa shape index (κ2) is 5.20. The van der Waals surface area contributed by atoms with E-state index in [0.717, 1.165) is 10.6 Å². The summed E-state index contributed by atoms with van der Waals surface area (Å²) in [5, 5.41) is 1.04. The van der Waals surface area contributed by atoms with Gasteiger partial charge in [0.05, 0.1) is 5.69 Å². The van der Waals surface area contributed by atoms with Crippen molar-refractivity contribution < 1.29 is 14.0 Å². The van der Waals surface area contributed by atoms with Crippen molar-refractivity contribution in [3.05, 3.63) is 71.6 Å². The molecule has 0 radical (unpaired) electrons. The monoisotopic (exact) mass is 282 g/mol. The van der Waals surface area contributed by atoms with Crippen molar-refractivity contribution in [2.24, 2.45) is 0 Å². The predicted octanol–water partition coefficient (Wildman–Crippen LogP) is 2.29. The van der Waals surface area contributed by atoms with Gasteiger partial charge in [-0.25, -0.2) is 9.40 Å². The molecule has 0 bridgehead atoms. The van der Waals surface area contributed by atoms with E-state index in [1.54, 1.807) is 18.2 Å². The zero-order valence-electron chi connectivity index (χ0n) is 10.9. The molecule has 2 aromatic rings. The summed E-state index contributed by atoms with van der Waals surface area (Å²) in [6.07, 6.45) is 1.51. The highest BCUT2D eigenvalue weighted by Crippen LogP contribution is 2.21. The van der Waals surface area contributed by atoms with Crippen LogP contribution in [0.2, 0.25) is 0 Å². The Bertz CT molecular complexity index is 741. The Labute approximate surface area is 120 Å². The first-order valence-corrected chi connectivity index (χ1v) is 6.33. The molecule has 21 heavy (non-hydrogen) atoms. The maximum absolute atomic E-state index is 13.2. The Morgan fingerprint density at radius 3 is 2.48 bits per heavy atom. The van der Waals surface area contributed by atoms with E-state index >= 15 is 0 Å². The van der Waals surface area contributed by atoms with E-state index in [-0.39, 0.29) is 11.3 Å². The molecule has 104 valence electrons. The van der Waals surface area contributed by atoms with Gasteiger partial charge in [-0.3, -0.25) is 15.0 Å². The van der Waals surface area contributed by atoms with Gasteiger partial charge in [-0.15, -0.1) is 0 Å². The molecule has 0 atom stereocenters. The largest absolute Gasteiger partial charge is 0.282 e. The minimum absolute atomic E-state index is 0.0189. The van der Waals surface area contributed by atoms with E-state index in [9.17, 15) is 14.0 Å². The first-order chi connectivity index (χ1) is 10.1. The molecule has 5 heteroatoms. The third-order valence-electron chi connectivity index (χ3n) is 3.07. The molecule has 0 saturated carbocycles. The summed E-state index contributed by atoms with van der Waals surface area (Å²) in [7, 11) is 0. The Kier molecular flexibility index (Phi) is 3.23. The second-order valence-corrected chi connectivity index (χ2v) is 4.53. The van der Waals surface area contributed by atoms with Gasteiger partial charge in [0.1, 0.15) is 11.4 Å². The summed E-state index contributed by atoms with van der Waals surface area (Å²) in [5.41, 5.74) is 3.48. The number of amides is 2. The number of benzene rings is 2. The van der Waals surface area contributed by atoms with Gasteiger partial charge in [-0.2, -0.15) is 0 Å². The van der Waals surface area contributed by atoms with Crippen molar-refractivity contribution in [3.63, 3.8) is 0 Å². The molecule has 0 unspecified atom stereocenters. The van der Waals surface area contributed by atoms with E-state index in [2.05, 4.69) is 5.43 Å². The quantitative estimate of drug-likeness (QED) is 0.678. The Morgan fingerprint density at radius 1 is 1.00 bits per heavy atom. The van der Waals surface area contributed by atoms with Crippen LogP contribution in [0.15, 0.2) is 60.2 Å². The lowest BCUT2D eigenvalue weighted by Gasteiger charge is -2.14. The zero-order valence-corrected chi connectivity index (χ0v) is 10.9. The predicted molar refractivity (Wildman–Crippen MR) is 76.4 cm³/mol. The average molecular weight is 282 g/mol. The molecule has 1 N–H and O–H groups in total. The standard InChI is InChI=1S/C16H11FN2O2/c17-12-7-4-8-13(10-12)19-16(21)14(15(20)18-19)9-11-5-2-1-3-6-11/h1-10H,(H,18,20). The van der Waals surface area contributed by atoms with Gasteiger partial charge in [0.2, 0.25) is 0 Å². The molecule has 2 aromatic carbocycles. The van der Waals surface area contributed by atoms with Crippen LogP contribution in [-0.4, -0.2) is 11.8 Å². The minimum atomic E-state index is -0.506. The number of nitrogens with one attached hydrogen (secondary N) is 1. The van der Waals surface area contributed by atoms with E-state index in [0.29, 0.717) is 0 Å². The van der Waals surface area contributed by atoms with Crippen molar-refractivity contribution in [1.29, 1.82) is 0 Å². The maximum Gasteiger partial charge on any atom is 0.282 e. The van der Waals surface area contributed by atoms with Crippen LogP contribution < -0.4 is 10.4 Å². The SMILES string of the molecule is O=C1NN(c2cccc(F)c2)C(=O)C1=Cc1ccccc1. The molecule has 4 nitrogen and oxygen atoms in total. The molecule has 1 aliphatic heterocycles. The highest BCUT2D eigenvalue weighted by Gasteiger charge is 2.34. The molecule has 0 aliphatic carbocycles. The number of hydrogen-bond donors (Lipinski definition) is 1. The number of rotatable bonds is 2. The highest BCUT2D eigenvalue weighted by atomic mass is 19.1. The van der Waals surface area contributed by atoms with Gasteiger partial charge >= 0.3 is 0 Å². The molecular formula is C16H11FN2O2. The summed E-state index contributed by atoms with van der Waals surface area (Å²) < 4.78 is 13.2. The van der Waals surface area contributed by atoms with Gasteiger partial charge in [-0.05, 0) is 29.8 Å². The van der Waals surface area contributed by atoms with Gasteiger partial charge in [-0.1, -0.05) is 36.4 Å². The number of carbonyl (C=O) groups is 2. The second-order valence-electron chi connectivity index (χ2n) is 4.53. The molecule has 1 fully saturated rings. The Balaban J connectivity index is 1.94. The van der Waals surface area contributed by atoms with Crippen LogP contribution in [0.1, 0.15) is 5.56 Å². The first-order valence-electron chi connectivity index (χ1n) is 6.33. The van der Waals surface area contributed by atoms with Crippen molar-refractivity contribution in [2.75, 3.05) is 5.01 Å². The fourth-order valence-corrected chi connectivity index (χ4v) is 2.07. The van der Waals surface area contributed by atoms with Crippen molar-refractivity contribution in [2.45, 2.75) is 0 Å². The molecular weight excluding hydrogens is 271 g/mol. The molecule has 3 rings (SSSR count). The van der Waals surface area contributed by atoms with Crippen molar-refractivity contribution in [3.8, 4) is 0 Å². The van der Waals surface area contributed by atoms with Crippen LogP contribution in [0.3, 0.4) is 0 Å². The number of carbonyl (C=O) groups excluding carboxylic acids is 2. The summed E-state index contributed by atoms with van der Waals surface area (Å²) in [4.78, 5) is 24.2. The van der Waals surface area contributed by atoms with E-state index in [1.807, 2.05) is 18.2 Å². The van der Waals surface area contributed by atoms with Crippen LogP contribution in [0.4, 0.5) is 10.1 Å². The van der Waals surface area contributed by atoms with Crippen LogP contribution >= 0.6 is 0 Å². The fourth-order valence-electron chi connectivity index (χ4n) is 2.07. The Hall–Kier alpha value is -2.95. The van der Waals surface area contributed by atoms with Crippen LogP contribution in [0, 0.1) is 5.82 Å². The van der Waals surface area contributed by atoms with Crippen molar-refractivity contribution >= 4 is 23.6 Å². The molecule has 1 aliphatic rings. The number of hydrazine groups is 1. The summed E-state index contributed by atoms with van der Waals surface area (Å²) in [5.74, 6) is -1.49. The van der Waals surface area contributed by atoms with Gasteiger partial charge in [0.15, 0.2) is 0 Å². The van der Waals surface area contributed by atoms with E-state index in [4.69, 9.17) is 0 Å². The molecule has 1 heterocycles. The topological polar surface area (TPSA) is 49.4 Å². The minimum Gasteiger partial charge on any atom is -0.267 e. The van der Waals surface area contributed by atoms with Gasteiger partial charge in [0.25, 0.3) is 11.8 Å². The van der Waals surface area contributed by atoms with E-state index in [1.165, 1.54) is 24.3 Å². The average Bonchev–Trinajstić information content (AvgIpc) is 2.76. The third-order valence-corrected chi connectivity index (χ3v) is 3.07. The van der Waals surface area contributed by atoms with Crippen LogP contribution in [0.5, 0.6) is 0 Å². The highest BCUT2D eigenvalue weighted by molar-refractivity contribution is 6.31. The maximum atomic E-state index is 13.2. The van der Waals surface area contributed by atoms with Gasteiger partial charge in [0, 0.05) is 0 Å². The summed E-state index contributed by atoms with van der Waals surface area (Å²) in [6.45, 7) is 0. The molecule has 0 aromatic heterocycles. The van der Waals surface area contributed by atoms with Gasteiger partial charge < -0.3 is 0 Å². The smallest absolute Gasteiger partial charge is 0.267 e. The number of halogens is 1. The lowest BCUT2D eigenvalue weighted by molar-refractivity contribution is -0.117. The lowest BCUT2D eigenvalue weighted by Crippen LogP contribution is -2.35. The number of nitrogens with zero attached hydrogens (tertiary/aromatic N) is 1. The third kappa shape index (κ3) is 2.53. The van der Waals surface area contributed by atoms with Crippen LogP contribution in [-0.2, 0) is 9.59 Å². The molecule has 2 amide bonds. The van der Waals surface area contributed by atoms with Crippen molar-refractivity contribution in [1.82, 2.24) is 5.43 Å². The zero-order chi connectivity index (χ0) is 14.8. The lowest BCUT2D eigenvalue weighted by atomic mass is 10.1. The first kappa shape index (κ1) is 13.1. The number of hydrogen-bond acceptors (Lipinski definition) is 2. The Morgan fingerprint density at radius 2 is 1.76 bits per heavy atom. The van der Waals surface area contributed by atoms with Crippen LogP contribution in [0.25, 0.3) is 6.08 Å². The fraction of sp³-hybridized carbons (Fsp3) is 0. The number of anilines is 1. The summed E-state index contributed by atoms with van der Waals surface area (Å²) in [6, 6.07) is 14.5. The van der Waals surface area contributed by atoms with E-state index < -0.39 is 17.6 Å². The summed E-state index contributed by atoms with van der Waals surface area (Å²) >= 11 is 0. The molecule has 1 saturated heterocycles. The normalized spacial score (nSPS) is 16.4.